The van der Waals surface area contributed by atoms with Crippen LogP contribution in [0.1, 0.15) is 57.2 Å². The van der Waals surface area contributed by atoms with E-state index in [2.05, 4.69) is 34.7 Å². The van der Waals surface area contributed by atoms with Gasteiger partial charge in [-0.1, -0.05) is 26.7 Å². The van der Waals surface area contributed by atoms with E-state index in [-0.39, 0.29) is 0 Å². The van der Waals surface area contributed by atoms with Crippen LogP contribution in [0.3, 0.4) is 0 Å². The normalized spacial score (nSPS) is 23.6. The molecular weight excluding hydrogens is 334 g/mol. The molecule has 0 aromatic carbocycles. The van der Waals surface area contributed by atoms with Gasteiger partial charge in [-0.2, -0.15) is 0 Å². The summed E-state index contributed by atoms with van der Waals surface area (Å²) in [5, 5.41) is 0. The molecule has 1 atom stereocenters. The fraction of sp³-hybridized carbons (Fsp3) is 0.818. The van der Waals surface area contributed by atoms with E-state index in [9.17, 15) is 0 Å². The molecule has 2 fully saturated rings. The maximum absolute atomic E-state index is 5.02. The average Bonchev–Trinajstić information content (AvgIpc) is 2.83. The zero-order valence-electron chi connectivity index (χ0n) is 17.4. The molecule has 0 N–H and O–H groups in total. The molecule has 1 aliphatic carbocycles. The Labute approximate surface area is 165 Å². The van der Waals surface area contributed by atoms with Gasteiger partial charge in [-0.05, 0) is 37.2 Å². The van der Waals surface area contributed by atoms with E-state index in [1.54, 1.807) is 0 Å². The van der Waals surface area contributed by atoms with E-state index < -0.39 is 0 Å². The zero-order valence-corrected chi connectivity index (χ0v) is 17.4. The molecule has 1 aromatic heterocycles. The smallest absolute Gasteiger partial charge is 0.225 e. The molecule has 5 nitrogen and oxygen atoms in total. The summed E-state index contributed by atoms with van der Waals surface area (Å²) >= 11 is 0. The molecule has 0 amide bonds. The van der Waals surface area contributed by atoms with Crippen LogP contribution >= 0.6 is 0 Å². The molecule has 2 aliphatic heterocycles. The quantitative estimate of drug-likeness (QED) is 0.768. The van der Waals surface area contributed by atoms with Gasteiger partial charge in [-0.3, -0.25) is 4.90 Å². The third kappa shape index (κ3) is 4.62. The first-order chi connectivity index (χ1) is 13.2. The summed E-state index contributed by atoms with van der Waals surface area (Å²) < 4.78 is 0. The molecule has 27 heavy (non-hydrogen) atoms. The molecule has 0 spiro atoms. The SMILES string of the molecule is CCCC(C)CN1CCc2cnc(N3CCN(C4CCC4)CC3)nc2CC1. The molecule has 3 aliphatic rings. The van der Waals surface area contributed by atoms with Crippen molar-refractivity contribution in [3.8, 4) is 0 Å². The van der Waals surface area contributed by atoms with Crippen molar-refractivity contribution >= 4 is 5.95 Å². The Balaban J connectivity index is 1.34. The third-order valence-electron chi connectivity index (χ3n) is 6.84. The first kappa shape index (κ1) is 19.1. The zero-order chi connectivity index (χ0) is 18.6. The lowest BCUT2D eigenvalue weighted by Gasteiger charge is -2.43. The molecule has 1 saturated carbocycles. The van der Waals surface area contributed by atoms with Crippen LogP contribution in [0.15, 0.2) is 6.20 Å². The molecular formula is C22H37N5. The summed E-state index contributed by atoms with van der Waals surface area (Å²) in [6.07, 6.45) is 11.2. The summed E-state index contributed by atoms with van der Waals surface area (Å²) in [6.45, 7) is 12.7. The Bertz CT molecular complexity index is 607. The van der Waals surface area contributed by atoms with Crippen molar-refractivity contribution in [2.75, 3.05) is 50.7 Å². The first-order valence-corrected chi connectivity index (χ1v) is 11.3. The van der Waals surface area contributed by atoms with Gasteiger partial charge in [0.2, 0.25) is 5.95 Å². The Morgan fingerprint density at radius 3 is 2.56 bits per heavy atom. The van der Waals surface area contributed by atoms with E-state index in [0.717, 1.165) is 56.9 Å². The maximum Gasteiger partial charge on any atom is 0.225 e. The third-order valence-corrected chi connectivity index (χ3v) is 6.84. The molecule has 1 aromatic rings. The predicted octanol–water partition coefficient (Wildman–Crippen LogP) is 2.99. The van der Waals surface area contributed by atoms with Crippen LogP contribution in [0, 0.1) is 5.92 Å². The fourth-order valence-corrected chi connectivity index (χ4v) is 4.91. The van der Waals surface area contributed by atoms with E-state index in [4.69, 9.17) is 9.97 Å². The molecule has 0 radical (unpaired) electrons. The average molecular weight is 372 g/mol. The van der Waals surface area contributed by atoms with E-state index >= 15 is 0 Å². The monoisotopic (exact) mass is 371 g/mol. The van der Waals surface area contributed by atoms with Gasteiger partial charge in [0.05, 0.1) is 5.69 Å². The molecule has 4 rings (SSSR count). The Kier molecular flexibility index (Phi) is 6.28. The van der Waals surface area contributed by atoms with Crippen LogP contribution in [-0.2, 0) is 12.8 Å². The Hall–Kier alpha value is -1.20. The number of piperazine rings is 1. The van der Waals surface area contributed by atoms with Gasteiger partial charge in [-0.25, -0.2) is 9.97 Å². The van der Waals surface area contributed by atoms with Crippen LogP contribution in [-0.4, -0.2) is 71.6 Å². The van der Waals surface area contributed by atoms with Gasteiger partial charge >= 0.3 is 0 Å². The minimum absolute atomic E-state index is 0.796. The van der Waals surface area contributed by atoms with Crippen LogP contribution in [0.25, 0.3) is 0 Å². The van der Waals surface area contributed by atoms with E-state index in [0.29, 0.717) is 0 Å². The molecule has 0 bridgehead atoms. The summed E-state index contributed by atoms with van der Waals surface area (Å²) in [7, 11) is 0. The highest BCUT2D eigenvalue weighted by Gasteiger charge is 2.29. The standard InChI is InChI=1S/C22H37N5/c1-3-5-18(2)17-25-10-8-19-16-23-22(24-21(19)9-11-25)27-14-12-26(13-15-27)20-6-4-7-20/h16,18,20H,3-15,17H2,1-2H3. The second-order valence-electron chi connectivity index (χ2n) is 8.94. The number of hydrogen-bond acceptors (Lipinski definition) is 5. The van der Waals surface area contributed by atoms with Crippen LogP contribution in [0.4, 0.5) is 5.95 Å². The predicted molar refractivity (Wildman–Crippen MR) is 111 cm³/mol. The minimum atomic E-state index is 0.796. The van der Waals surface area contributed by atoms with Crippen molar-refractivity contribution < 1.29 is 0 Å². The fourth-order valence-electron chi connectivity index (χ4n) is 4.91. The van der Waals surface area contributed by atoms with Crippen molar-refractivity contribution in [3.05, 3.63) is 17.5 Å². The largest absolute Gasteiger partial charge is 0.338 e. The van der Waals surface area contributed by atoms with E-state index in [1.807, 2.05) is 0 Å². The van der Waals surface area contributed by atoms with Crippen molar-refractivity contribution in [3.63, 3.8) is 0 Å². The maximum atomic E-state index is 5.02. The van der Waals surface area contributed by atoms with Gasteiger partial charge in [-0.15, -0.1) is 0 Å². The van der Waals surface area contributed by atoms with Crippen molar-refractivity contribution in [2.45, 2.75) is 64.8 Å². The molecule has 5 heteroatoms. The number of anilines is 1. The molecule has 1 unspecified atom stereocenters. The summed E-state index contributed by atoms with van der Waals surface area (Å²) in [5.41, 5.74) is 2.67. The molecule has 1 saturated heterocycles. The summed E-state index contributed by atoms with van der Waals surface area (Å²) in [6, 6.07) is 0.862. The minimum Gasteiger partial charge on any atom is -0.338 e. The summed E-state index contributed by atoms with van der Waals surface area (Å²) in [4.78, 5) is 17.5. The number of nitrogens with zero attached hydrogens (tertiary/aromatic N) is 5. The first-order valence-electron chi connectivity index (χ1n) is 11.3. The van der Waals surface area contributed by atoms with Gasteiger partial charge in [0.1, 0.15) is 0 Å². The van der Waals surface area contributed by atoms with Gasteiger partial charge in [0.15, 0.2) is 0 Å². The van der Waals surface area contributed by atoms with Crippen molar-refractivity contribution in [1.29, 1.82) is 0 Å². The van der Waals surface area contributed by atoms with Gasteiger partial charge in [0, 0.05) is 64.5 Å². The highest BCUT2D eigenvalue weighted by molar-refractivity contribution is 5.34. The Morgan fingerprint density at radius 1 is 1.07 bits per heavy atom. The number of hydrogen-bond donors (Lipinski definition) is 0. The van der Waals surface area contributed by atoms with E-state index in [1.165, 1.54) is 63.0 Å². The topological polar surface area (TPSA) is 35.5 Å². The van der Waals surface area contributed by atoms with Crippen molar-refractivity contribution in [2.24, 2.45) is 5.92 Å². The second-order valence-corrected chi connectivity index (χ2v) is 8.94. The number of aromatic nitrogens is 2. The van der Waals surface area contributed by atoms with Gasteiger partial charge < -0.3 is 9.80 Å². The second kappa shape index (κ2) is 8.87. The van der Waals surface area contributed by atoms with Crippen LogP contribution in [0.2, 0.25) is 0 Å². The lowest BCUT2D eigenvalue weighted by atomic mass is 9.91. The number of fused-ring (bicyclic) bond motifs is 1. The lowest BCUT2D eigenvalue weighted by Crippen LogP contribution is -2.52. The Morgan fingerprint density at radius 2 is 1.85 bits per heavy atom. The van der Waals surface area contributed by atoms with Crippen LogP contribution in [0.5, 0.6) is 0 Å². The lowest BCUT2D eigenvalue weighted by molar-refractivity contribution is 0.120. The van der Waals surface area contributed by atoms with Crippen molar-refractivity contribution in [1.82, 2.24) is 19.8 Å². The molecule has 3 heterocycles. The highest BCUT2D eigenvalue weighted by Crippen LogP contribution is 2.26. The van der Waals surface area contributed by atoms with Gasteiger partial charge in [0.25, 0.3) is 0 Å². The highest BCUT2D eigenvalue weighted by atomic mass is 15.3. The van der Waals surface area contributed by atoms with Crippen LogP contribution < -0.4 is 4.90 Å². The molecule has 150 valence electrons. The summed E-state index contributed by atoms with van der Waals surface area (Å²) in [5.74, 6) is 1.76. The number of rotatable bonds is 6.